The molecule has 0 aromatic carbocycles. The first-order valence-corrected chi connectivity index (χ1v) is 10.7. The molecule has 0 rings (SSSR count). The number of nitrogens with two attached hydrogens (primary N) is 1. The minimum absolute atomic E-state index is 0. The fraction of sp³-hybridized carbons (Fsp3) is 0.905. The van der Waals surface area contributed by atoms with Crippen molar-refractivity contribution in [3.63, 3.8) is 0 Å². The molecule has 0 saturated heterocycles. The van der Waals surface area contributed by atoms with Crippen LogP contribution >= 0.6 is 0 Å². The van der Waals surface area contributed by atoms with Gasteiger partial charge in [0, 0.05) is 6.42 Å². The molecule has 0 spiro atoms. The fourth-order valence-corrected chi connectivity index (χ4v) is 2.95. The van der Waals surface area contributed by atoms with Crippen molar-refractivity contribution in [1.29, 1.82) is 0 Å². The Hall–Kier alpha value is -0.100. The van der Waals surface area contributed by atoms with Gasteiger partial charge in [-0.15, -0.1) is 0 Å². The predicted molar refractivity (Wildman–Crippen MR) is 113 cm³/mol. The first-order chi connectivity index (χ1) is 12.6. The van der Waals surface area contributed by atoms with Crippen molar-refractivity contribution >= 4 is 41.5 Å². The van der Waals surface area contributed by atoms with Crippen LogP contribution in [0.3, 0.4) is 0 Å². The summed E-state index contributed by atoms with van der Waals surface area (Å²) in [5.74, 6) is -1.43. The summed E-state index contributed by atoms with van der Waals surface area (Å²) in [6.07, 6.45) is 18.3. The molecule has 0 aromatic rings. The molecule has 1 atom stereocenters. The minimum atomic E-state index is -1.08. The zero-order valence-corrected chi connectivity index (χ0v) is 16.8. The van der Waals surface area contributed by atoms with Gasteiger partial charge in [-0.25, -0.2) is 0 Å². The van der Waals surface area contributed by atoms with Crippen molar-refractivity contribution in [2.45, 2.75) is 116 Å². The van der Waals surface area contributed by atoms with E-state index in [1.54, 1.807) is 0 Å². The number of hydrogen-bond donors (Lipinski definition) is 2. The molecular formula is C21H42NNaO4. The van der Waals surface area contributed by atoms with Gasteiger partial charge >= 0.3 is 41.5 Å². The molecule has 156 valence electrons. The summed E-state index contributed by atoms with van der Waals surface area (Å²) in [5, 5.41) is 8.63. The maximum absolute atomic E-state index is 11.4. The molecule has 27 heavy (non-hydrogen) atoms. The second kappa shape index (κ2) is 22.2. The third-order valence-corrected chi connectivity index (χ3v) is 4.74. The molecule has 0 aliphatic carbocycles. The number of carbonyl (C=O) groups excluding carboxylic acids is 1. The number of rotatable bonds is 19. The number of carbonyl (C=O) groups is 2. The van der Waals surface area contributed by atoms with E-state index in [1.807, 2.05) is 0 Å². The van der Waals surface area contributed by atoms with E-state index in [9.17, 15) is 9.59 Å². The van der Waals surface area contributed by atoms with Crippen molar-refractivity contribution in [3.05, 3.63) is 0 Å². The SMILES string of the molecule is CCCCCCCCCCCCCCCCOC(=O)CC[C@H](N)C(=O)O.[NaH]. The Balaban J connectivity index is 0. The van der Waals surface area contributed by atoms with Gasteiger partial charge in [-0.2, -0.15) is 0 Å². The van der Waals surface area contributed by atoms with Gasteiger partial charge < -0.3 is 15.6 Å². The van der Waals surface area contributed by atoms with Gasteiger partial charge in [-0.1, -0.05) is 90.4 Å². The monoisotopic (exact) mass is 395 g/mol. The Bertz CT molecular complexity index is 353. The molecule has 0 saturated carbocycles. The zero-order chi connectivity index (χ0) is 19.5. The summed E-state index contributed by atoms with van der Waals surface area (Å²) in [6.45, 7) is 2.69. The second-order valence-electron chi connectivity index (χ2n) is 7.30. The van der Waals surface area contributed by atoms with Crippen LogP contribution in [-0.4, -0.2) is 59.3 Å². The Morgan fingerprint density at radius 3 is 1.63 bits per heavy atom. The summed E-state index contributed by atoms with van der Waals surface area (Å²) < 4.78 is 5.09. The molecule has 0 bridgehead atoms. The molecule has 0 fully saturated rings. The van der Waals surface area contributed by atoms with Crippen molar-refractivity contribution in [3.8, 4) is 0 Å². The molecule has 0 aliphatic heterocycles. The Labute approximate surface area is 188 Å². The first-order valence-electron chi connectivity index (χ1n) is 10.7. The maximum atomic E-state index is 11.4. The van der Waals surface area contributed by atoms with Crippen LogP contribution in [0.15, 0.2) is 0 Å². The van der Waals surface area contributed by atoms with Crippen LogP contribution in [0.5, 0.6) is 0 Å². The van der Waals surface area contributed by atoms with E-state index < -0.39 is 12.0 Å². The topological polar surface area (TPSA) is 89.6 Å². The van der Waals surface area contributed by atoms with E-state index in [2.05, 4.69) is 6.92 Å². The molecular weight excluding hydrogens is 353 g/mol. The van der Waals surface area contributed by atoms with E-state index in [1.165, 1.54) is 77.0 Å². The Morgan fingerprint density at radius 1 is 0.815 bits per heavy atom. The second-order valence-corrected chi connectivity index (χ2v) is 7.30. The number of carboxylic acid groups (broad SMARTS) is 1. The van der Waals surface area contributed by atoms with Crippen LogP contribution in [0.4, 0.5) is 0 Å². The molecule has 3 N–H and O–H groups in total. The summed E-state index contributed by atoms with van der Waals surface area (Å²) in [4.78, 5) is 22.0. The van der Waals surface area contributed by atoms with E-state index in [0.717, 1.165) is 12.8 Å². The number of ether oxygens (including phenoxy) is 1. The van der Waals surface area contributed by atoms with Crippen molar-refractivity contribution < 1.29 is 19.4 Å². The molecule has 0 heterocycles. The summed E-state index contributed by atoms with van der Waals surface area (Å²) in [5.41, 5.74) is 5.34. The van der Waals surface area contributed by atoms with Crippen LogP contribution in [-0.2, 0) is 14.3 Å². The third-order valence-electron chi connectivity index (χ3n) is 4.74. The van der Waals surface area contributed by atoms with E-state index in [0.29, 0.717) is 6.61 Å². The number of aliphatic carboxylic acids is 1. The van der Waals surface area contributed by atoms with Gasteiger partial charge in [0.05, 0.1) is 6.61 Å². The number of esters is 1. The van der Waals surface area contributed by atoms with E-state index in [4.69, 9.17) is 15.6 Å². The number of hydrogen-bond acceptors (Lipinski definition) is 4. The third kappa shape index (κ3) is 22.1. The molecule has 0 aliphatic rings. The van der Waals surface area contributed by atoms with Gasteiger partial charge in [0.15, 0.2) is 0 Å². The van der Waals surface area contributed by atoms with Crippen LogP contribution < -0.4 is 5.73 Å². The first kappa shape index (κ1) is 29.1. The zero-order valence-electron chi connectivity index (χ0n) is 16.8. The Kier molecular flexibility index (Phi) is 23.9. The molecule has 5 nitrogen and oxygen atoms in total. The van der Waals surface area contributed by atoms with E-state index >= 15 is 0 Å². The quantitative estimate of drug-likeness (QED) is 0.190. The Morgan fingerprint density at radius 2 is 1.22 bits per heavy atom. The van der Waals surface area contributed by atoms with Crippen LogP contribution in [0.2, 0.25) is 0 Å². The van der Waals surface area contributed by atoms with E-state index in [-0.39, 0.29) is 48.4 Å². The molecule has 0 unspecified atom stereocenters. The van der Waals surface area contributed by atoms with Gasteiger partial charge in [-0.3, -0.25) is 9.59 Å². The fourth-order valence-electron chi connectivity index (χ4n) is 2.95. The van der Waals surface area contributed by atoms with Gasteiger partial charge in [0.1, 0.15) is 6.04 Å². The van der Waals surface area contributed by atoms with Crippen LogP contribution in [0.1, 0.15) is 110 Å². The van der Waals surface area contributed by atoms with Gasteiger partial charge in [-0.05, 0) is 12.8 Å². The summed E-state index contributed by atoms with van der Waals surface area (Å²) in [6, 6.07) is -0.983. The average molecular weight is 396 g/mol. The predicted octanol–water partition coefficient (Wildman–Crippen LogP) is 4.55. The molecule has 0 aromatic heterocycles. The summed E-state index contributed by atoms with van der Waals surface area (Å²) >= 11 is 0. The molecule has 0 radical (unpaired) electrons. The van der Waals surface area contributed by atoms with Crippen LogP contribution in [0, 0.1) is 0 Å². The molecule has 0 amide bonds. The van der Waals surface area contributed by atoms with Gasteiger partial charge in [0.25, 0.3) is 0 Å². The number of carboxylic acids is 1. The standard InChI is InChI=1S/C21H41NO4.Na.H/c1-2-3-4-5-6-7-8-9-10-11-12-13-14-15-18-26-20(23)17-16-19(22)21(24)25;;/h19H,2-18,22H2,1H3,(H,24,25);;/t19-;;/m0../s1. The van der Waals surface area contributed by atoms with Crippen molar-refractivity contribution in [2.24, 2.45) is 5.73 Å². The van der Waals surface area contributed by atoms with Crippen molar-refractivity contribution in [1.82, 2.24) is 0 Å². The average Bonchev–Trinajstić information content (AvgIpc) is 2.62. The number of unbranched alkanes of at least 4 members (excludes halogenated alkanes) is 13. The molecule has 6 heteroatoms. The normalized spacial score (nSPS) is 11.6. The van der Waals surface area contributed by atoms with Crippen molar-refractivity contribution in [2.75, 3.05) is 6.61 Å². The van der Waals surface area contributed by atoms with Gasteiger partial charge in [0.2, 0.25) is 0 Å². The van der Waals surface area contributed by atoms with Crippen LogP contribution in [0.25, 0.3) is 0 Å². The summed E-state index contributed by atoms with van der Waals surface area (Å²) in [7, 11) is 0.